The first-order valence-corrected chi connectivity index (χ1v) is 9.59. The van der Waals surface area contributed by atoms with E-state index in [0.29, 0.717) is 28.9 Å². The maximum absolute atomic E-state index is 12.7. The fraction of sp³-hybridized carbons (Fsp3) is 0.350. The van der Waals surface area contributed by atoms with Gasteiger partial charge in [0.05, 0.1) is 23.9 Å². The molecular formula is C20H22Cl2N2O3. The van der Waals surface area contributed by atoms with Crippen LogP contribution in [0.1, 0.15) is 12.8 Å². The molecular weight excluding hydrogens is 387 g/mol. The van der Waals surface area contributed by atoms with Crippen LogP contribution >= 0.6 is 23.2 Å². The number of halogens is 2. The average molecular weight is 409 g/mol. The predicted molar refractivity (Wildman–Crippen MR) is 108 cm³/mol. The molecule has 1 heterocycles. The van der Waals surface area contributed by atoms with Crippen molar-refractivity contribution in [1.82, 2.24) is 4.90 Å². The number of ether oxygens (including phenoxy) is 2. The normalized spacial score (nSPS) is 16.9. The Bertz CT molecular complexity index is 783. The lowest BCUT2D eigenvalue weighted by atomic mass is 10.2. The zero-order valence-electron chi connectivity index (χ0n) is 15.1. The van der Waals surface area contributed by atoms with Crippen molar-refractivity contribution in [2.24, 2.45) is 0 Å². The summed E-state index contributed by atoms with van der Waals surface area (Å²) in [4.78, 5) is 14.8. The molecule has 1 N–H and O–H groups in total. The summed E-state index contributed by atoms with van der Waals surface area (Å²) in [7, 11) is 1.63. The summed E-state index contributed by atoms with van der Waals surface area (Å²) < 4.78 is 10.9. The number of carbonyl (C=O) groups excluding carboxylic acids is 1. The van der Waals surface area contributed by atoms with Crippen LogP contribution in [-0.2, 0) is 4.79 Å². The number of anilines is 1. The van der Waals surface area contributed by atoms with Crippen molar-refractivity contribution in [2.45, 2.75) is 18.9 Å². The van der Waals surface area contributed by atoms with E-state index in [2.05, 4.69) is 10.2 Å². The number of methoxy groups -OCH3 is 1. The molecule has 1 saturated heterocycles. The van der Waals surface area contributed by atoms with Crippen LogP contribution in [0.2, 0.25) is 10.0 Å². The Morgan fingerprint density at radius 3 is 2.67 bits per heavy atom. The van der Waals surface area contributed by atoms with Gasteiger partial charge in [-0.3, -0.25) is 9.69 Å². The summed E-state index contributed by atoms with van der Waals surface area (Å²) in [6.07, 6.45) is 1.79. The van der Waals surface area contributed by atoms with Gasteiger partial charge in [-0.05, 0) is 61.9 Å². The topological polar surface area (TPSA) is 50.8 Å². The van der Waals surface area contributed by atoms with E-state index in [1.165, 1.54) is 0 Å². The minimum atomic E-state index is -0.195. The monoisotopic (exact) mass is 408 g/mol. The Hall–Kier alpha value is -1.95. The zero-order valence-corrected chi connectivity index (χ0v) is 16.6. The molecule has 1 atom stereocenters. The van der Waals surface area contributed by atoms with E-state index in [9.17, 15) is 4.79 Å². The van der Waals surface area contributed by atoms with E-state index in [-0.39, 0.29) is 11.9 Å². The number of rotatable bonds is 7. The maximum Gasteiger partial charge on any atom is 0.241 e. The molecule has 0 spiro atoms. The average Bonchev–Trinajstić information content (AvgIpc) is 3.14. The minimum Gasteiger partial charge on any atom is -0.497 e. The highest BCUT2D eigenvalue weighted by Crippen LogP contribution is 2.27. The van der Waals surface area contributed by atoms with Gasteiger partial charge in [0.1, 0.15) is 18.1 Å². The molecule has 27 heavy (non-hydrogen) atoms. The van der Waals surface area contributed by atoms with Crippen LogP contribution in [0.15, 0.2) is 42.5 Å². The highest BCUT2D eigenvalue weighted by molar-refractivity contribution is 6.35. The molecule has 3 rings (SSSR count). The molecule has 2 aromatic carbocycles. The second kappa shape index (κ2) is 9.31. The van der Waals surface area contributed by atoms with E-state index >= 15 is 0 Å². The number of hydrogen-bond donors (Lipinski definition) is 1. The van der Waals surface area contributed by atoms with Crippen molar-refractivity contribution in [3.8, 4) is 11.5 Å². The lowest BCUT2D eigenvalue weighted by molar-refractivity contribution is -0.120. The van der Waals surface area contributed by atoms with Gasteiger partial charge in [0, 0.05) is 11.6 Å². The molecule has 1 unspecified atom stereocenters. The van der Waals surface area contributed by atoms with Crippen LogP contribution in [0.25, 0.3) is 0 Å². The molecule has 1 aliphatic rings. The quantitative estimate of drug-likeness (QED) is 0.733. The van der Waals surface area contributed by atoms with E-state index in [0.717, 1.165) is 30.9 Å². The van der Waals surface area contributed by atoms with E-state index < -0.39 is 0 Å². The number of benzene rings is 2. The molecule has 0 bridgehead atoms. The number of nitrogens with zero attached hydrogens (tertiary/aromatic N) is 1. The van der Waals surface area contributed by atoms with Gasteiger partial charge >= 0.3 is 0 Å². The molecule has 0 aromatic heterocycles. The Balaban J connectivity index is 1.53. The Labute approximate surface area is 169 Å². The predicted octanol–water partition coefficient (Wildman–Crippen LogP) is 4.48. The number of nitrogens with one attached hydrogen (secondary N) is 1. The standard InChI is InChI=1S/C20H22Cl2N2O3/c1-26-15-5-7-16(8-6-15)27-12-11-24-10-2-3-19(24)20(25)23-18-13-14(21)4-9-17(18)22/h4-9,13,19H,2-3,10-12H2,1H3,(H,23,25). The second-order valence-electron chi connectivity index (χ2n) is 6.33. The Morgan fingerprint density at radius 2 is 1.93 bits per heavy atom. The van der Waals surface area contributed by atoms with E-state index in [1.807, 2.05) is 24.3 Å². The van der Waals surface area contributed by atoms with Crippen LogP contribution in [0.3, 0.4) is 0 Å². The van der Waals surface area contributed by atoms with E-state index in [4.69, 9.17) is 32.7 Å². The van der Waals surface area contributed by atoms with Gasteiger partial charge in [0.25, 0.3) is 0 Å². The van der Waals surface area contributed by atoms with Crippen LogP contribution in [0.4, 0.5) is 5.69 Å². The van der Waals surface area contributed by atoms with Crippen LogP contribution in [0.5, 0.6) is 11.5 Å². The highest BCUT2D eigenvalue weighted by Gasteiger charge is 2.30. The first kappa shape index (κ1) is 19.8. The Morgan fingerprint density at radius 1 is 1.19 bits per heavy atom. The number of amides is 1. The molecule has 7 heteroatoms. The number of likely N-dealkylation sites (tertiary alicyclic amines) is 1. The number of hydrogen-bond acceptors (Lipinski definition) is 4. The van der Waals surface area contributed by atoms with Gasteiger partial charge in [0.2, 0.25) is 5.91 Å². The molecule has 0 radical (unpaired) electrons. The fourth-order valence-electron chi connectivity index (χ4n) is 3.15. The molecule has 2 aromatic rings. The molecule has 1 fully saturated rings. The lowest BCUT2D eigenvalue weighted by Crippen LogP contribution is -2.41. The zero-order chi connectivity index (χ0) is 19.2. The maximum atomic E-state index is 12.7. The van der Waals surface area contributed by atoms with Crippen molar-refractivity contribution in [2.75, 3.05) is 32.1 Å². The van der Waals surface area contributed by atoms with Gasteiger partial charge in [-0.2, -0.15) is 0 Å². The largest absolute Gasteiger partial charge is 0.497 e. The summed E-state index contributed by atoms with van der Waals surface area (Å²) in [5.74, 6) is 1.50. The Kier molecular flexibility index (Phi) is 6.83. The summed E-state index contributed by atoms with van der Waals surface area (Å²) in [6.45, 7) is 2.05. The lowest BCUT2D eigenvalue weighted by Gasteiger charge is -2.24. The van der Waals surface area contributed by atoms with Gasteiger partial charge in [-0.25, -0.2) is 0 Å². The first-order valence-electron chi connectivity index (χ1n) is 8.83. The first-order chi connectivity index (χ1) is 13.1. The molecule has 144 valence electrons. The SMILES string of the molecule is COc1ccc(OCCN2CCCC2C(=O)Nc2cc(Cl)ccc2Cl)cc1. The van der Waals surface area contributed by atoms with Crippen molar-refractivity contribution < 1.29 is 14.3 Å². The third kappa shape index (κ3) is 5.28. The number of carbonyl (C=O) groups is 1. The molecule has 1 amide bonds. The molecule has 0 saturated carbocycles. The van der Waals surface area contributed by atoms with Crippen molar-refractivity contribution in [3.63, 3.8) is 0 Å². The van der Waals surface area contributed by atoms with Crippen LogP contribution in [-0.4, -0.2) is 43.7 Å². The van der Waals surface area contributed by atoms with E-state index in [1.54, 1.807) is 25.3 Å². The second-order valence-corrected chi connectivity index (χ2v) is 7.18. The van der Waals surface area contributed by atoms with Crippen molar-refractivity contribution in [3.05, 3.63) is 52.5 Å². The van der Waals surface area contributed by atoms with Crippen LogP contribution < -0.4 is 14.8 Å². The molecule has 0 aliphatic carbocycles. The molecule has 1 aliphatic heterocycles. The molecule has 5 nitrogen and oxygen atoms in total. The fourth-order valence-corrected chi connectivity index (χ4v) is 3.49. The van der Waals surface area contributed by atoms with Crippen molar-refractivity contribution in [1.29, 1.82) is 0 Å². The van der Waals surface area contributed by atoms with Gasteiger partial charge in [0.15, 0.2) is 0 Å². The summed E-state index contributed by atoms with van der Waals surface area (Å²) in [6, 6.07) is 12.3. The van der Waals surface area contributed by atoms with Gasteiger partial charge in [-0.1, -0.05) is 23.2 Å². The van der Waals surface area contributed by atoms with Crippen LogP contribution in [0, 0.1) is 0 Å². The minimum absolute atomic E-state index is 0.0684. The van der Waals surface area contributed by atoms with Gasteiger partial charge in [-0.15, -0.1) is 0 Å². The summed E-state index contributed by atoms with van der Waals surface area (Å²) in [5.41, 5.74) is 0.537. The summed E-state index contributed by atoms with van der Waals surface area (Å²) in [5, 5.41) is 3.90. The van der Waals surface area contributed by atoms with Crippen molar-refractivity contribution >= 4 is 34.8 Å². The highest BCUT2D eigenvalue weighted by atomic mass is 35.5. The van der Waals surface area contributed by atoms with Gasteiger partial charge < -0.3 is 14.8 Å². The third-order valence-electron chi connectivity index (χ3n) is 4.56. The summed E-state index contributed by atoms with van der Waals surface area (Å²) >= 11 is 12.1. The smallest absolute Gasteiger partial charge is 0.241 e. The third-order valence-corrected chi connectivity index (χ3v) is 5.12.